The van der Waals surface area contributed by atoms with Crippen LogP contribution in [0.2, 0.25) is 12.1 Å². The molecule has 0 aliphatic rings. The Hall–Kier alpha value is -0.246. The molecule has 0 rings (SSSR count). The van der Waals surface area contributed by atoms with Crippen molar-refractivity contribution in [1.82, 2.24) is 20.4 Å². The molecule has 0 spiro atoms. The molecule has 0 aromatic carbocycles. The molecule has 0 heterocycles. The number of ether oxygens (including phenoxy) is 3. The van der Waals surface area contributed by atoms with Crippen molar-refractivity contribution in [2.24, 2.45) is 5.73 Å². The molecular weight excluding hydrogens is 715 g/mol. The van der Waals surface area contributed by atoms with Crippen LogP contribution in [0.3, 0.4) is 0 Å². The van der Waals surface area contributed by atoms with Crippen molar-refractivity contribution in [3.8, 4) is 0 Å². The van der Waals surface area contributed by atoms with E-state index in [2.05, 4.69) is 15.5 Å². The van der Waals surface area contributed by atoms with Crippen LogP contribution < -0.4 is 16.4 Å². The Morgan fingerprint density at radius 2 is 0.962 bits per heavy atom. The van der Waals surface area contributed by atoms with Gasteiger partial charge in [0.05, 0.1) is 43.7 Å². The molecule has 3 unspecified atom stereocenters. The van der Waals surface area contributed by atoms with Crippen molar-refractivity contribution >= 4 is 17.6 Å². The van der Waals surface area contributed by atoms with Crippen LogP contribution in [0.15, 0.2) is 0 Å². The molecule has 314 valence electrons. The number of aliphatic hydroxyl groups is 3. The minimum absolute atomic E-state index is 0.161. The van der Waals surface area contributed by atoms with Gasteiger partial charge in [-0.2, -0.15) is 0 Å². The number of aliphatic hydroxyl groups excluding tert-OH is 3. The van der Waals surface area contributed by atoms with Crippen LogP contribution in [0, 0.1) is 0 Å². The molecule has 0 aromatic rings. The first-order valence-corrected chi connectivity index (χ1v) is 22.3. The van der Waals surface area contributed by atoms with Crippen LogP contribution >= 0.6 is 0 Å². The van der Waals surface area contributed by atoms with Crippen molar-refractivity contribution in [2.75, 3.05) is 148 Å². The highest BCUT2D eigenvalue weighted by Crippen LogP contribution is 2.16. The van der Waals surface area contributed by atoms with Crippen LogP contribution in [-0.4, -0.2) is 214 Å². The minimum atomic E-state index is -2.66. The first-order valence-electron chi connectivity index (χ1n) is 18.5. The van der Waals surface area contributed by atoms with E-state index >= 15 is 0 Å². The lowest BCUT2D eigenvalue weighted by Gasteiger charge is -2.28. The van der Waals surface area contributed by atoms with Gasteiger partial charge in [0.2, 0.25) is 0 Å². The number of hydrogen-bond acceptors (Lipinski definition) is 17. The lowest BCUT2D eigenvalue weighted by molar-refractivity contribution is -0.0558. The number of nitrogens with zero attached hydrogens (tertiary/aromatic N) is 2. The van der Waals surface area contributed by atoms with Gasteiger partial charge in [-0.25, -0.2) is 0 Å². The predicted octanol–water partition coefficient (Wildman–Crippen LogP) is -0.804. The normalized spacial score (nSPS) is 14.8. The molecule has 0 aliphatic heterocycles. The summed E-state index contributed by atoms with van der Waals surface area (Å²) >= 11 is 0. The van der Waals surface area contributed by atoms with Crippen LogP contribution in [0.25, 0.3) is 0 Å². The van der Waals surface area contributed by atoms with Crippen molar-refractivity contribution in [1.29, 1.82) is 0 Å². The largest absolute Gasteiger partial charge is 0.500 e. The van der Waals surface area contributed by atoms with Crippen molar-refractivity contribution < 1.29 is 56.1 Å². The molecule has 3 atom stereocenters. The SMILES string of the molecule is CO[Si](CCCOCC(O)CN(CCNCCNCCN(CCN)CC(O)COC(C)(C)C)CC(O)COCCC[Si](OC)(OC)OC)(OC)OC. The maximum Gasteiger partial charge on any atom is 0.500 e. The summed E-state index contributed by atoms with van der Waals surface area (Å²) < 4.78 is 49.9. The van der Waals surface area contributed by atoms with Gasteiger partial charge in [-0.1, -0.05) is 0 Å². The number of rotatable bonds is 37. The monoisotopic (exact) mass is 792 g/mol. The molecule has 0 saturated heterocycles. The van der Waals surface area contributed by atoms with Gasteiger partial charge in [0, 0.05) is 140 Å². The van der Waals surface area contributed by atoms with Gasteiger partial charge in [-0.05, 0) is 33.6 Å². The predicted molar refractivity (Wildman–Crippen MR) is 205 cm³/mol. The van der Waals surface area contributed by atoms with E-state index in [0.29, 0.717) is 84.0 Å². The quantitative estimate of drug-likeness (QED) is 0.0337. The number of nitrogens with one attached hydrogen (secondary N) is 2. The highest BCUT2D eigenvalue weighted by atomic mass is 28.4. The Kier molecular flexibility index (Phi) is 30.8. The van der Waals surface area contributed by atoms with E-state index in [1.54, 1.807) is 42.7 Å². The standard InChI is InChI=1S/C33H77N5O12Si2/c1-33(2,3)50-29-32(41)24-37(17-12-34)18-15-35-13-14-36-16-19-38(25-30(39)27-48-20-10-22-51(42-4,43-5)44-6)26-31(40)28-49-21-11-23-52(45-7,46-8)47-9/h30-32,35-36,39-41H,10-29,34H2,1-9H3. The first kappa shape index (κ1) is 51.8. The van der Waals surface area contributed by atoms with Crippen LogP contribution in [-0.2, 0) is 40.8 Å². The van der Waals surface area contributed by atoms with E-state index < -0.39 is 35.9 Å². The van der Waals surface area contributed by atoms with E-state index in [-0.39, 0.29) is 25.4 Å². The highest BCUT2D eigenvalue weighted by molar-refractivity contribution is 6.60. The van der Waals surface area contributed by atoms with Gasteiger partial charge >= 0.3 is 17.6 Å². The second kappa shape index (κ2) is 30.9. The summed E-state index contributed by atoms with van der Waals surface area (Å²) in [6.45, 7) is 14.1. The molecule has 0 amide bonds. The summed E-state index contributed by atoms with van der Waals surface area (Å²) in [7, 11) is 4.16. The third-order valence-corrected chi connectivity index (χ3v) is 13.9. The second-order valence-electron chi connectivity index (χ2n) is 13.7. The van der Waals surface area contributed by atoms with Gasteiger partial charge in [0.15, 0.2) is 0 Å². The third-order valence-electron chi connectivity index (χ3n) is 8.28. The van der Waals surface area contributed by atoms with Crippen LogP contribution in [0.1, 0.15) is 33.6 Å². The Morgan fingerprint density at radius 1 is 0.577 bits per heavy atom. The zero-order valence-corrected chi connectivity index (χ0v) is 35.9. The van der Waals surface area contributed by atoms with Crippen molar-refractivity contribution in [2.45, 2.75) is 69.6 Å². The summed E-state index contributed by atoms with van der Waals surface area (Å²) in [5, 5.41) is 38.8. The lowest BCUT2D eigenvalue weighted by Crippen LogP contribution is -2.45. The van der Waals surface area contributed by atoms with E-state index in [1.165, 1.54) is 0 Å². The summed E-state index contributed by atoms with van der Waals surface area (Å²) in [6, 6.07) is 1.22. The molecule has 52 heavy (non-hydrogen) atoms. The lowest BCUT2D eigenvalue weighted by atomic mass is 10.2. The average molecular weight is 792 g/mol. The van der Waals surface area contributed by atoms with Crippen LogP contribution in [0.4, 0.5) is 0 Å². The molecule has 0 aliphatic carbocycles. The average Bonchev–Trinajstić information content (AvgIpc) is 3.11. The molecular formula is C33H77N5O12Si2. The van der Waals surface area contributed by atoms with E-state index in [1.807, 2.05) is 25.7 Å². The summed E-state index contributed by atoms with van der Waals surface area (Å²) in [5.74, 6) is 0. The molecule has 0 saturated carbocycles. The minimum Gasteiger partial charge on any atom is -0.389 e. The number of nitrogens with two attached hydrogens (primary N) is 1. The molecule has 17 nitrogen and oxygen atoms in total. The fourth-order valence-corrected chi connectivity index (χ4v) is 8.75. The Balaban J connectivity index is 4.75. The van der Waals surface area contributed by atoms with Gasteiger partial charge < -0.3 is 72.5 Å². The smallest absolute Gasteiger partial charge is 0.389 e. The van der Waals surface area contributed by atoms with Gasteiger partial charge in [-0.15, -0.1) is 0 Å². The fraction of sp³-hybridized carbons (Fsp3) is 1.00. The molecule has 19 heteroatoms. The number of hydrogen-bond donors (Lipinski definition) is 6. The van der Waals surface area contributed by atoms with Gasteiger partial charge in [0.1, 0.15) is 0 Å². The Morgan fingerprint density at radius 3 is 1.35 bits per heavy atom. The molecule has 0 bridgehead atoms. The zero-order chi connectivity index (χ0) is 39.3. The molecule has 0 aromatic heterocycles. The summed E-state index contributed by atoms with van der Waals surface area (Å²) in [4.78, 5) is 4.15. The van der Waals surface area contributed by atoms with Crippen molar-refractivity contribution in [3.05, 3.63) is 0 Å². The fourth-order valence-electron chi connectivity index (χ4n) is 5.37. The third kappa shape index (κ3) is 25.8. The van der Waals surface area contributed by atoms with Crippen LogP contribution in [0.5, 0.6) is 0 Å². The van der Waals surface area contributed by atoms with Gasteiger partial charge in [-0.3, -0.25) is 9.80 Å². The first-order chi connectivity index (χ1) is 24.8. The summed E-state index contributed by atoms with van der Waals surface area (Å²) in [6.07, 6.45) is -0.707. The highest BCUT2D eigenvalue weighted by Gasteiger charge is 2.37. The second-order valence-corrected chi connectivity index (χ2v) is 19.9. The van der Waals surface area contributed by atoms with E-state index in [4.69, 9.17) is 46.5 Å². The zero-order valence-electron chi connectivity index (χ0n) is 33.9. The Labute approximate surface area is 316 Å². The topological polar surface area (TPSA) is 200 Å². The maximum atomic E-state index is 10.8. The maximum absolute atomic E-state index is 10.8. The van der Waals surface area contributed by atoms with Gasteiger partial charge in [0.25, 0.3) is 0 Å². The van der Waals surface area contributed by atoms with Crippen molar-refractivity contribution in [3.63, 3.8) is 0 Å². The summed E-state index contributed by atoms with van der Waals surface area (Å²) in [5.41, 5.74) is 5.50. The Bertz CT molecular complexity index is 765. The van der Waals surface area contributed by atoms with E-state index in [0.717, 1.165) is 26.2 Å². The molecule has 7 N–H and O–H groups in total. The molecule has 0 fully saturated rings. The molecule has 0 radical (unpaired) electrons. The van der Waals surface area contributed by atoms with E-state index in [9.17, 15) is 15.3 Å².